The normalized spacial score (nSPS) is 38.3. The maximum atomic E-state index is 2.45. The van der Waals surface area contributed by atoms with Gasteiger partial charge in [-0.15, -0.1) is 0 Å². The van der Waals surface area contributed by atoms with Crippen molar-refractivity contribution in [1.29, 1.82) is 0 Å². The molecular weight excluding hydrogens is 216 g/mol. The molecule has 2 atom stereocenters. The zero-order chi connectivity index (χ0) is 13.6. The molecule has 0 saturated heterocycles. The molecule has 0 aromatic rings. The second kappa shape index (κ2) is 4.84. The molecule has 0 nitrogen and oxygen atoms in total. The lowest BCUT2D eigenvalue weighted by molar-refractivity contribution is 0.0259. The van der Waals surface area contributed by atoms with E-state index in [1.54, 1.807) is 0 Å². The van der Waals surface area contributed by atoms with Crippen molar-refractivity contribution in [1.82, 2.24) is 0 Å². The van der Waals surface area contributed by atoms with E-state index in [0.717, 1.165) is 23.7 Å². The van der Waals surface area contributed by atoms with Crippen LogP contribution in [0.15, 0.2) is 0 Å². The third-order valence-electron chi connectivity index (χ3n) is 6.06. The molecule has 0 N–H and O–H groups in total. The lowest BCUT2D eigenvalue weighted by Gasteiger charge is -2.48. The summed E-state index contributed by atoms with van der Waals surface area (Å²) in [5.74, 6) is 4.05. The molecule has 2 fully saturated rings. The largest absolute Gasteiger partial charge is 0.0599 e. The van der Waals surface area contributed by atoms with Gasteiger partial charge in [-0.1, -0.05) is 41.5 Å². The molecule has 2 aliphatic rings. The second-order valence-electron chi connectivity index (χ2n) is 9.27. The van der Waals surface area contributed by atoms with Crippen LogP contribution >= 0.6 is 0 Å². The molecule has 2 aliphatic carbocycles. The van der Waals surface area contributed by atoms with E-state index in [1.807, 2.05) is 0 Å². The Morgan fingerprint density at radius 1 is 0.556 bits per heavy atom. The molecule has 0 heteroatoms. The molecular formula is C18H34. The summed E-state index contributed by atoms with van der Waals surface area (Å²) in [4.78, 5) is 0. The summed E-state index contributed by atoms with van der Waals surface area (Å²) in [5, 5.41) is 0. The van der Waals surface area contributed by atoms with Crippen molar-refractivity contribution in [3.63, 3.8) is 0 Å². The van der Waals surface area contributed by atoms with E-state index in [0.29, 0.717) is 10.8 Å². The molecule has 0 aromatic heterocycles. The lowest BCUT2D eigenvalue weighted by Crippen LogP contribution is -2.38. The molecule has 0 radical (unpaired) electrons. The first-order valence-corrected chi connectivity index (χ1v) is 8.18. The maximum Gasteiger partial charge on any atom is -0.0354 e. The van der Waals surface area contributed by atoms with Crippen LogP contribution in [0.3, 0.4) is 0 Å². The van der Waals surface area contributed by atoms with Crippen LogP contribution in [0.2, 0.25) is 0 Å². The van der Waals surface area contributed by atoms with Gasteiger partial charge in [0.1, 0.15) is 0 Å². The highest BCUT2D eigenvalue weighted by Gasteiger charge is 2.41. The van der Waals surface area contributed by atoms with Crippen LogP contribution in [-0.4, -0.2) is 0 Å². The standard InChI is InChI=1S/C18H34/c1-17(2,3)15-9-7-13-8-10-16(18(4,5)6)12-14(13)11-15/h13-16H,7-12H2,1-6H3. The fraction of sp³-hybridized carbons (Fsp3) is 1.00. The van der Waals surface area contributed by atoms with E-state index in [4.69, 9.17) is 0 Å². The summed E-state index contributed by atoms with van der Waals surface area (Å²) in [5.41, 5.74) is 1.05. The van der Waals surface area contributed by atoms with Crippen LogP contribution in [0.25, 0.3) is 0 Å². The van der Waals surface area contributed by atoms with Gasteiger partial charge >= 0.3 is 0 Å². The zero-order valence-electron chi connectivity index (χ0n) is 13.6. The Balaban J connectivity index is 2.00. The Morgan fingerprint density at radius 3 is 1.28 bits per heavy atom. The molecule has 18 heavy (non-hydrogen) atoms. The van der Waals surface area contributed by atoms with E-state index in [1.165, 1.54) is 38.5 Å². The first kappa shape index (κ1) is 14.4. The number of hydrogen-bond donors (Lipinski definition) is 0. The average molecular weight is 250 g/mol. The summed E-state index contributed by atoms with van der Waals surface area (Å²) >= 11 is 0. The first-order chi connectivity index (χ1) is 8.18. The van der Waals surface area contributed by atoms with Gasteiger partial charge < -0.3 is 0 Å². The van der Waals surface area contributed by atoms with Crippen LogP contribution in [-0.2, 0) is 0 Å². The highest BCUT2D eigenvalue weighted by molar-refractivity contribution is 4.91. The summed E-state index contributed by atoms with van der Waals surface area (Å²) in [7, 11) is 0. The van der Waals surface area contributed by atoms with Crippen molar-refractivity contribution in [2.45, 2.75) is 80.1 Å². The Morgan fingerprint density at radius 2 is 0.944 bits per heavy atom. The van der Waals surface area contributed by atoms with Crippen LogP contribution in [0, 0.1) is 34.5 Å². The third-order valence-corrected chi connectivity index (χ3v) is 6.06. The molecule has 2 rings (SSSR count). The van der Waals surface area contributed by atoms with Crippen molar-refractivity contribution in [2.24, 2.45) is 34.5 Å². The van der Waals surface area contributed by atoms with E-state index in [-0.39, 0.29) is 0 Å². The molecule has 0 heterocycles. The van der Waals surface area contributed by atoms with Crippen molar-refractivity contribution < 1.29 is 0 Å². The van der Waals surface area contributed by atoms with E-state index >= 15 is 0 Å². The highest BCUT2D eigenvalue weighted by Crippen LogP contribution is 2.51. The fourth-order valence-electron chi connectivity index (χ4n) is 4.47. The van der Waals surface area contributed by atoms with E-state index in [2.05, 4.69) is 41.5 Å². The van der Waals surface area contributed by atoms with Gasteiger partial charge in [-0.25, -0.2) is 0 Å². The Labute approximate surface area is 115 Å². The molecule has 0 amide bonds. The SMILES string of the molecule is CC(C)(C)C1CCC2CCC(C(C)(C)C)CC2C1. The number of hydrogen-bond acceptors (Lipinski definition) is 0. The Bertz CT molecular complexity index is 247. The predicted octanol–water partition coefficient (Wildman–Crippen LogP) is 5.91. The minimum absolute atomic E-state index is 0.527. The predicted molar refractivity (Wildman–Crippen MR) is 80.6 cm³/mol. The summed E-state index contributed by atoms with van der Waals surface area (Å²) in [6.45, 7) is 14.7. The molecule has 2 unspecified atom stereocenters. The Hall–Kier alpha value is 0. The molecule has 106 valence electrons. The van der Waals surface area contributed by atoms with Crippen LogP contribution in [0.5, 0.6) is 0 Å². The highest BCUT2D eigenvalue weighted by atomic mass is 14.5. The molecule has 0 bridgehead atoms. The third kappa shape index (κ3) is 3.11. The zero-order valence-corrected chi connectivity index (χ0v) is 13.6. The number of fused-ring (bicyclic) bond motifs is 1. The average Bonchev–Trinajstić information content (AvgIpc) is 2.25. The monoisotopic (exact) mass is 250 g/mol. The van der Waals surface area contributed by atoms with Gasteiger partial charge in [0.15, 0.2) is 0 Å². The van der Waals surface area contributed by atoms with Crippen molar-refractivity contribution >= 4 is 0 Å². The quantitative estimate of drug-likeness (QED) is 0.501. The number of rotatable bonds is 0. The topological polar surface area (TPSA) is 0 Å². The van der Waals surface area contributed by atoms with Gasteiger partial charge in [0.2, 0.25) is 0 Å². The van der Waals surface area contributed by atoms with Gasteiger partial charge in [0, 0.05) is 0 Å². The molecule has 0 aromatic carbocycles. The van der Waals surface area contributed by atoms with Crippen molar-refractivity contribution in [2.75, 3.05) is 0 Å². The van der Waals surface area contributed by atoms with Crippen LogP contribution in [0.1, 0.15) is 80.1 Å². The minimum atomic E-state index is 0.527. The van der Waals surface area contributed by atoms with E-state index in [9.17, 15) is 0 Å². The fourth-order valence-corrected chi connectivity index (χ4v) is 4.47. The van der Waals surface area contributed by atoms with Crippen LogP contribution < -0.4 is 0 Å². The van der Waals surface area contributed by atoms with E-state index < -0.39 is 0 Å². The summed E-state index contributed by atoms with van der Waals surface area (Å²) in [6, 6.07) is 0. The van der Waals surface area contributed by atoms with Gasteiger partial charge in [0.25, 0.3) is 0 Å². The van der Waals surface area contributed by atoms with Gasteiger partial charge in [-0.05, 0) is 73.0 Å². The lowest BCUT2D eigenvalue weighted by atomic mass is 9.57. The van der Waals surface area contributed by atoms with Crippen molar-refractivity contribution in [3.05, 3.63) is 0 Å². The second-order valence-corrected chi connectivity index (χ2v) is 9.27. The maximum absolute atomic E-state index is 2.45. The summed E-state index contributed by atoms with van der Waals surface area (Å²) in [6.07, 6.45) is 9.05. The summed E-state index contributed by atoms with van der Waals surface area (Å²) < 4.78 is 0. The first-order valence-electron chi connectivity index (χ1n) is 8.18. The van der Waals surface area contributed by atoms with Crippen molar-refractivity contribution in [3.8, 4) is 0 Å². The Kier molecular flexibility index (Phi) is 3.87. The smallest absolute Gasteiger partial charge is 0.0354 e. The van der Waals surface area contributed by atoms with Gasteiger partial charge in [0.05, 0.1) is 0 Å². The van der Waals surface area contributed by atoms with Gasteiger partial charge in [-0.3, -0.25) is 0 Å². The van der Waals surface area contributed by atoms with Crippen LogP contribution in [0.4, 0.5) is 0 Å². The molecule has 0 aliphatic heterocycles. The minimum Gasteiger partial charge on any atom is -0.0599 e. The van der Waals surface area contributed by atoms with Gasteiger partial charge in [-0.2, -0.15) is 0 Å². The molecule has 0 spiro atoms. The molecule has 2 saturated carbocycles.